The van der Waals surface area contributed by atoms with Gasteiger partial charge in [0.2, 0.25) is 0 Å². The summed E-state index contributed by atoms with van der Waals surface area (Å²) >= 11 is 1.37. The third-order valence-corrected chi connectivity index (χ3v) is 6.62. The van der Waals surface area contributed by atoms with Crippen LogP contribution in [0.25, 0.3) is 11.0 Å². The van der Waals surface area contributed by atoms with Gasteiger partial charge >= 0.3 is 0 Å². The number of aromatic nitrogens is 3. The Kier molecular flexibility index (Phi) is 6.82. The Bertz CT molecular complexity index is 1570. The van der Waals surface area contributed by atoms with E-state index < -0.39 is 0 Å². The fourth-order valence-corrected chi connectivity index (χ4v) is 4.59. The van der Waals surface area contributed by atoms with E-state index in [0.29, 0.717) is 28.5 Å². The smallest absolute Gasteiger partial charge is 0.263 e. The lowest BCUT2D eigenvalue weighted by Crippen LogP contribution is -2.22. The number of H-pyrrole nitrogens is 1. The second kappa shape index (κ2) is 10.5. The lowest BCUT2D eigenvalue weighted by Gasteiger charge is -2.13. The summed E-state index contributed by atoms with van der Waals surface area (Å²) in [7, 11) is 3.74. The molecule has 0 fully saturated rings. The average molecular weight is 512 g/mol. The molecule has 186 valence electrons. The Hall–Kier alpha value is -4.70. The van der Waals surface area contributed by atoms with Gasteiger partial charge in [-0.1, -0.05) is 12.1 Å². The quantitative estimate of drug-likeness (QED) is 0.233. The van der Waals surface area contributed by atoms with Crippen molar-refractivity contribution in [3.05, 3.63) is 94.6 Å². The summed E-state index contributed by atoms with van der Waals surface area (Å²) in [6.07, 6.45) is 5.16. The number of hydrogen-bond acceptors (Lipinski definition) is 7. The van der Waals surface area contributed by atoms with Crippen LogP contribution in [0.5, 0.6) is 0 Å². The van der Waals surface area contributed by atoms with Gasteiger partial charge in [0, 0.05) is 55.9 Å². The average Bonchev–Trinajstić information content (AvgIpc) is 3.58. The predicted octanol–water partition coefficient (Wildman–Crippen LogP) is 5.01. The van der Waals surface area contributed by atoms with E-state index in [1.807, 2.05) is 73.0 Å². The number of nitrogens with zero attached hydrogens (tertiary/aromatic N) is 3. The van der Waals surface area contributed by atoms with Crippen LogP contribution in [0.1, 0.15) is 25.6 Å². The molecule has 0 bridgehead atoms. The number of pyridine rings is 2. The van der Waals surface area contributed by atoms with E-state index in [1.54, 1.807) is 24.5 Å². The SMILES string of the molecule is CN(C)c1cc(C(=O)Nc2cccc(CNC(=O)c3sccc3Nc3ccnc4[nH]ccc34)c2)ccn1. The van der Waals surface area contributed by atoms with Gasteiger partial charge in [-0.05, 0) is 53.4 Å². The normalized spacial score (nSPS) is 10.8. The van der Waals surface area contributed by atoms with Crippen molar-refractivity contribution < 1.29 is 9.59 Å². The molecule has 0 aliphatic rings. The van der Waals surface area contributed by atoms with E-state index >= 15 is 0 Å². The third-order valence-electron chi connectivity index (χ3n) is 5.70. The Labute approximate surface area is 217 Å². The minimum absolute atomic E-state index is 0.181. The summed E-state index contributed by atoms with van der Waals surface area (Å²) in [5.41, 5.74) is 4.40. The predicted molar refractivity (Wildman–Crippen MR) is 148 cm³/mol. The van der Waals surface area contributed by atoms with Crippen LogP contribution in [0, 0.1) is 0 Å². The van der Waals surface area contributed by atoms with E-state index in [0.717, 1.165) is 28.0 Å². The first-order chi connectivity index (χ1) is 18.0. The van der Waals surface area contributed by atoms with Crippen LogP contribution in [-0.4, -0.2) is 40.9 Å². The van der Waals surface area contributed by atoms with Crippen molar-refractivity contribution in [2.24, 2.45) is 0 Å². The molecule has 0 unspecified atom stereocenters. The number of anilines is 4. The summed E-state index contributed by atoms with van der Waals surface area (Å²) in [6, 6.07) is 16.5. The van der Waals surface area contributed by atoms with Gasteiger partial charge in [-0.25, -0.2) is 9.97 Å². The zero-order valence-electron chi connectivity index (χ0n) is 20.3. The summed E-state index contributed by atoms with van der Waals surface area (Å²) in [6.45, 7) is 0.317. The molecule has 5 aromatic rings. The minimum atomic E-state index is -0.228. The van der Waals surface area contributed by atoms with Crippen LogP contribution in [0.4, 0.5) is 22.9 Å². The molecule has 5 rings (SSSR count). The zero-order valence-corrected chi connectivity index (χ0v) is 21.1. The van der Waals surface area contributed by atoms with Gasteiger partial charge in [0.05, 0.1) is 11.4 Å². The van der Waals surface area contributed by atoms with Gasteiger partial charge in [0.15, 0.2) is 0 Å². The fourth-order valence-electron chi connectivity index (χ4n) is 3.83. The van der Waals surface area contributed by atoms with Crippen molar-refractivity contribution in [3.63, 3.8) is 0 Å². The van der Waals surface area contributed by atoms with Gasteiger partial charge in [0.25, 0.3) is 11.8 Å². The first-order valence-electron chi connectivity index (χ1n) is 11.6. The van der Waals surface area contributed by atoms with Crippen LogP contribution >= 0.6 is 11.3 Å². The third kappa shape index (κ3) is 5.44. The maximum Gasteiger partial charge on any atom is 0.263 e. The molecule has 0 saturated heterocycles. The molecule has 0 spiro atoms. The first kappa shape index (κ1) is 24.0. The highest BCUT2D eigenvalue weighted by atomic mass is 32.1. The molecular formula is C27H25N7O2S. The molecule has 4 aromatic heterocycles. The van der Waals surface area contributed by atoms with Gasteiger partial charge in [-0.3, -0.25) is 9.59 Å². The monoisotopic (exact) mass is 511 g/mol. The Morgan fingerprint density at radius 1 is 0.973 bits per heavy atom. The lowest BCUT2D eigenvalue weighted by atomic mass is 10.1. The number of fused-ring (bicyclic) bond motifs is 1. The number of thiophene rings is 1. The van der Waals surface area contributed by atoms with Crippen LogP contribution in [-0.2, 0) is 6.54 Å². The highest BCUT2D eigenvalue weighted by molar-refractivity contribution is 7.12. The van der Waals surface area contributed by atoms with E-state index in [4.69, 9.17) is 0 Å². The Morgan fingerprint density at radius 3 is 2.70 bits per heavy atom. The van der Waals surface area contributed by atoms with Gasteiger partial charge < -0.3 is 25.8 Å². The molecule has 0 aliphatic carbocycles. The topological polar surface area (TPSA) is 115 Å². The lowest BCUT2D eigenvalue weighted by molar-refractivity contribution is 0.0954. The number of benzene rings is 1. The Morgan fingerprint density at radius 2 is 1.84 bits per heavy atom. The number of hydrogen-bond donors (Lipinski definition) is 4. The van der Waals surface area contributed by atoms with E-state index in [2.05, 4.69) is 30.9 Å². The molecule has 2 amide bonds. The van der Waals surface area contributed by atoms with Gasteiger partial charge in [0.1, 0.15) is 16.3 Å². The standard InChI is InChI=1S/C27H25N7O2S/c1-34(2)23-15-18(6-10-28-23)26(35)32-19-5-3-4-17(14-19)16-31-27(36)24-22(9-13-37-24)33-21-8-12-30-25-20(21)7-11-29-25/h3-15H,16H2,1-2H3,(H,31,36)(H,32,35)(H2,29,30,33). The van der Waals surface area contributed by atoms with Crippen LogP contribution in [0.3, 0.4) is 0 Å². The first-order valence-corrected chi connectivity index (χ1v) is 12.4. The van der Waals surface area contributed by atoms with Gasteiger partial charge in [-0.15, -0.1) is 11.3 Å². The van der Waals surface area contributed by atoms with E-state index in [-0.39, 0.29) is 11.8 Å². The molecule has 9 nitrogen and oxygen atoms in total. The summed E-state index contributed by atoms with van der Waals surface area (Å²) in [5.74, 6) is 0.293. The molecule has 10 heteroatoms. The number of aromatic amines is 1. The van der Waals surface area contributed by atoms with E-state index in [9.17, 15) is 9.59 Å². The number of amides is 2. The second-order valence-corrected chi connectivity index (χ2v) is 9.44. The minimum Gasteiger partial charge on any atom is -0.363 e. The Balaban J connectivity index is 1.23. The van der Waals surface area contributed by atoms with Crippen molar-refractivity contribution >= 4 is 57.1 Å². The number of nitrogens with one attached hydrogen (secondary N) is 4. The van der Waals surface area contributed by atoms with Crippen molar-refractivity contribution in [2.45, 2.75) is 6.54 Å². The molecule has 0 radical (unpaired) electrons. The molecular weight excluding hydrogens is 486 g/mol. The van der Waals surface area contributed by atoms with Crippen LogP contribution in [0.15, 0.2) is 78.6 Å². The molecule has 0 aliphatic heterocycles. The molecule has 0 saturated carbocycles. The maximum absolute atomic E-state index is 13.0. The van der Waals surface area contributed by atoms with Gasteiger partial charge in [-0.2, -0.15) is 0 Å². The largest absolute Gasteiger partial charge is 0.363 e. The number of carbonyl (C=O) groups is 2. The van der Waals surface area contributed by atoms with Crippen LogP contribution < -0.4 is 20.9 Å². The zero-order chi connectivity index (χ0) is 25.8. The number of carbonyl (C=O) groups excluding carboxylic acids is 2. The fraction of sp³-hybridized carbons (Fsp3) is 0.111. The molecule has 4 N–H and O–H groups in total. The summed E-state index contributed by atoms with van der Waals surface area (Å²) < 4.78 is 0. The van der Waals surface area contributed by atoms with Crippen LogP contribution in [0.2, 0.25) is 0 Å². The molecule has 37 heavy (non-hydrogen) atoms. The number of rotatable bonds is 8. The molecule has 1 aromatic carbocycles. The summed E-state index contributed by atoms with van der Waals surface area (Å²) in [5, 5.41) is 12.1. The van der Waals surface area contributed by atoms with Crippen molar-refractivity contribution in [3.8, 4) is 0 Å². The second-order valence-electron chi connectivity index (χ2n) is 8.52. The molecule has 0 atom stereocenters. The maximum atomic E-state index is 13.0. The van der Waals surface area contributed by atoms with Crippen molar-refractivity contribution in [1.29, 1.82) is 0 Å². The van der Waals surface area contributed by atoms with Crippen molar-refractivity contribution in [2.75, 3.05) is 29.6 Å². The molecule has 4 heterocycles. The van der Waals surface area contributed by atoms with Crippen molar-refractivity contribution in [1.82, 2.24) is 20.3 Å². The highest BCUT2D eigenvalue weighted by Gasteiger charge is 2.15. The highest BCUT2D eigenvalue weighted by Crippen LogP contribution is 2.29. The summed E-state index contributed by atoms with van der Waals surface area (Å²) in [4.78, 5) is 39.8. The van der Waals surface area contributed by atoms with E-state index in [1.165, 1.54) is 11.3 Å².